The van der Waals surface area contributed by atoms with Crippen molar-refractivity contribution in [3.8, 4) is 0 Å². The second-order valence-electron chi connectivity index (χ2n) is 6.14. The minimum Gasteiger partial charge on any atom is -0.376 e. The maximum Gasteiger partial charge on any atom is 0.261 e. The summed E-state index contributed by atoms with van der Waals surface area (Å²) in [4.78, 5) is 19.5. The van der Waals surface area contributed by atoms with Crippen LogP contribution in [0.4, 0.5) is 9.52 Å². The van der Waals surface area contributed by atoms with Crippen LogP contribution < -0.4 is 4.90 Å². The molecule has 2 aromatic carbocycles. The van der Waals surface area contributed by atoms with Gasteiger partial charge in [0.25, 0.3) is 5.91 Å². The number of hydrogen-bond acceptors (Lipinski definition) is 4. The van der Waals surface area contributed by atoms with Gasteiger partial charge < -0.3 is 4.74 Å². The molecule has 1 amide bonds. The summed E-state index contributed by atoms with van der Waals surface area (Å²) in [5, 5.41) is 0.575. The van der Waals surface area contributed by atoms with Crippen molar-refractivity contribution in [3.63, 3.8) is 0 Å². The van der Waals surface area contributed by atoms with Crippen LogP contribution in [0.25, 0.3) is 10.2 Å². The van der Waals surface area contributed by atoms with Crippen LogP contribution in [-0.4, -0.2) is 30.1 Å². The van der Waals surface area contributed by atoms with E-state index in [1.165, 1.54) is 23.5 Å². The SMILES string of the molecule is O=C(c1ccccc1I)N(CC1CCCO1)c1nc2ccc(F)cc2s1. The molecule has 3 aromatic rings. The standard InChI is InChI=1S/C19H16FIN2O2S/c20-12-7-8-16-17(10-12)26-19(22-16)23(11-13-4-3-9-25-13)18(24)14-5-1-2-6-15(14)21/h1-2,5-8,10,13H,3-4,9,11H2. The van der Waals surface area contributed by atoms with Crippen molar-refractivity contribution in [2.45, 2.75) is 18.9 Å². The highest BCUT2D eigenvalue weighted by Crippen LogP contribution is 2.31. The Hall–Kier alpha value is -1.58. The molecule has 4 rings (SSSR count). The zero-order valence-electron chi connectivity index (χ0n) is 13.8. The Morgan fingerprint density at radius 2 is 2.19 bits per heavy atom. The summed E-state index contributed by atoms with van der Waals surface area (Å²) < 4.78 is 20.9. The number of hydrogen-bond donors (Lipinski definition) is 0. The summed E-state index contributed by atoms with van der Waals surface area (Å²) in [6.07, 6.45) is 1.93. The summed E-state index contributed by atoms with van der Waals surface area (Å²) in [5.41, 5.74) is 1.33. The number of halogens is 2. The average molecular weight is 482 g/mol. The van der Waals surface area contributed by atoms with E-state index in [1.807, 2.05) is 24.3 Å². The fraction of sp³-hybridized carbons (Fsp3) is 0.263. The van der Waals surface area contributed by atoms with E-state index in [0.29, 0.717) is 22.8 Å². The first-order valence-corrected chi connectivity index (χ1v) is 10.3. The van der Waals surface area contributed by atoms with E-state index in [9.17, 15) is 9.18 Å². The fourth-order valence-electron chi connectivity index (χ4n) is 3.02. The minimum absolute atomic E-state index is 0.00377. The van der Waals surface area contributed by atoms with Gasteiger partial charge >= 0.3 is 0 Å². The monoisotopic (exact) mass is 482 g/mol. The molecule has 0 bridgehead atoms. The van der Waals surface area contributed by atoms with Gasteiger partial charge in [-0.2, -0.15) is 0 Å². The number of anilines is 1. The van der Waals surface area contributed by atoms with Crippen molar-refractivity contribution in [1.82, 2.24) is 4.98 Å². The lowest BCUT2D eigenvalue weighted by Crippen LogP contribution is -2.37. The Kier molecular flexibility index (Phi) is 5.19. The molecule has 0 N–H and O–H groups in total. The number of fused-ring (bicyclic) bond motifs is 1. The molecule has 1 aliphatic rings. The number of benzene rings is 2. The first-order valence-electron chi connectivity index (χ1n) is 8.36. The normalized spacial score (nSPS) is 16.9. The number of nitrogens with zero attached hydrogens (tertiary/aromatic N) is 2. The summed E-state index contributed by atoms with van der Waals surface area (Å²) in [6.45, 7) is 1.17. The van der Waals surface area contributed by atoms with Gasteiger partial charge in [-0.15, -0.1) is 0 Å². The van der Waals surface area contributed by atoms with Gasteiger partial charge in [0.2, 0.25) is 0 Å². The Morgan fingerprint density at radius 1 is 1.35 bits per heavy atom. The molecule has 0 spiro atoms. The van der Waals surface area contributed by atoms with Gasteiger partial charge in [-0.1, -0.05) is 23.5 Å². The van der Waals surface area contributed by atoms with Gasteiger partial charge in [0.15, 0.2) is 5.13 Å². The second-order valence-corrected chi connectivity index (χ2v) is 8.31. The first-order chi connectivity index (χ1) is 12.6. The predicted octanol–water partition coefficient (Wildman–Crippen LogP) is 4.87. The van der Waals surface area contributed by atoms with Gasteiger partial charge in [0.1, 0.15) is 5.82 Å². The molecule has 1 fully saturated rings. The van der Waals surface area contributed by atoms with Gasteiger partial charge in [-0.05, 0) is 65.8 Å². The van der Waals surface area contributed by atoms with Crippen LogP contribution in [-0.2, 0) is 4.74 Å². The zero-order valence-corrected chi connectivity index (χ0v) is 16.8. The summed E-state index contributed by atoms with van der Waals surface area (Å²) in [7, 11) is 0. The molecular weight excluding hydrogens is 466 g/mol. The van der Waals surface area contributed by atoms with Gasteiger partial charge in [-0.3, -0.25) is 9.69 Å². The first kappa shape index (κ1) is 17.8. The number of rotatable bonds is 4. The molecule has 1 aromatic heterocycles. The summed E-state index contributed by atoms with van der Waals surface area (Å²) >= 11 is 3.49. The molecule has 26 heavy (non-hydrogen) atoms. The number of aromatic nitrogens is 1. The van der Waals surface area contributed by atoms with E-state index >= 15 is 0 Å². The average Bonchev–Trinajstić information content (AvgIpc) is 3.28. The van der Waals surface area contributed by atoms with E-state index in [4.69, 9.17) is 4.74 Å². The Balaban J connectivity index is 1.73. The summed E-state index contributed by atoms with van der Waals surface area (Å²) in [6, 6.07) is 12.0. The van der Waals surface area contributed by atoms with Crippen molar-refractivity contribution in [2.24, 2.45) is 0 Å². The van der Waals surface area contributed by atoms with Gasteiger partial charge in [-0.25, -0.2) is 9.37 Å². The van der Waals surface area contributed by atoms with Crippen LogP contribution >= 0.6 is 33.9 Å². The maximum atomic E-state index is 13.5. The van der Waals surface area contributed by atoms with Crippen molar-refractivity contribution < 1.29 is 13.9 Å². The largest absolute Gasteiger partial charge is 0.376 e. The van der Waals surface area contributed by atoms with Crippen LogP contribution in [0.15, 0.2) is 42.5 Å². The van der Waals surface area contributed by atoms with Gasteiger partial charge in [0, 0.05) is 10.2 Å². The number of amides is 1. The van der Waals surface area contributed by atoms with Crippen molar-refractivity contribution >= 4 is 55.2 Å². The minimum atomic E-state index is -0.303. The molecule has 7 heteroatoms. The topological polar surface area (TPSA) is 42.4 Å². The fourth-order valence-corrected chi connectivity index (χ4v) is 4.64. The molecule has 1 aliphatic heterocycles. The van der Waals surface area contributed by atoms with Crippen LogP contribution in [0.3, 0.4) is 0 Å². The Labute approximate surface area is 168 Å². The Morgan fingerprint density at radius 3 is 2.96 bits per heavy atom. The number of thiazole rings is 1. The van der Waals surface area contributed by atoms with Crippen LogP contribution in [0.5, 0.6) is 0 Å². The molecule has 1 unspecified atom stereocenters. The zero-order chi connectivity index (χ0) is 18.1. The third-order valence-corrected chi connectivity index (χ3v) is 6.31. The van der Waals surface area contributed by atoms with Crippen LogP contribution in [0.1, 0.15) is 23.2 Å². The van der Waals surface area contributed by atoms with E-state index < -0.39 is 0 Å². The quantitative estimate of drug-likeness (QED) is 0.499. The van der Waals surface area contributed by atoms with E-state index in [1.54, 1.807) is 11.0 Å². The molecular formula is C19H16FIN2O2S. The molecule has 1 atom stereocenters. The maximum absolute atomic E-state index is 13.5. The lowest BCUT2D eigenvalue weighted by atomic mass is 10.2. The van der Waals surface area contributed by atoms with Gasteiger partial charge in [0.05, 0.1) is 28.4 Å². The smallest absolute Gasteiger partial charge is 0.261 e. The highest BCUT2D eigenvalue weighted by molar-refractivity contribution is 14.1. The molecule has 0 radical (unpaired) electrons. The molecule has 2 heterocycles. The highest BCUT2D eigenvalue weighted by Gasteiger charge is 2.27. The third kappa shape index (κ3) is 3.60. The van der Waals surface area contributed by atoms with E-state index in [-0.39, 0.29) is 17.8 Å². The summed E-state index contributed by atoms with van der Waals surface area (Å²) in [5.74, 6) is -0.410. The van der Waals surface area contributed by atoms with E-state index in [0.717, 1.165) is 27.7 Å². The number of carbonyl (C=O) groups is 1. The lowest BCUT2D eigenvalue weighted by Gasteiger charge is -2.23. The molecule has 4 nitrogen and oxygen atoms in total. The molecule has 1 saturated heterocycles. The second kappa shape index (κ2) is 7.58. The van der Waals surface area contributed by atoms with Crippen molar-refractivity contribution in [1.29, 1.82) is 0 Å². The van der Waals surface area contributed by atoms with E-state index in [2.05, 4.69) is 27.6 Å². The third-order valence-electron chi connectivity index (χ3n) is 4.33. The molecule has 0 saturated carbocycles. The molecule has 0 aliphatic carbocycles. The highest BCUT2D eigenvalue weighted by atomic mass is 127. The number of ether oxygens (including phenoxy) is 1. The van der Waals surface area contributed by atoms with Crippen LogP contribution in [0.2, 0.25) is 0 Å². The van der Waals surface area contributed by atoms with Crippen molar-refractivity contribution in [2.75, 3.05) is 18.1 Å². The van der Waals surface area contributed by atoms with Crippen LogP contribution in [0, 0.1) is 9.39 Å². The molecule has 134 valence electrons. The lowest BCUT2D eigenvalue weighted by molar-refractivity contribution is 0.0916. The van der Waals surface area contributed by atoms with Crippen molar-refractivity contribution in [3.05, 3.63) is 57.4 Å². The predicted molar refractivity (Wildman–Crippen MR) is 109 cm³/mol. The Bertz CT molecular complexity index is 956. The number of carbonyl (C=O) groups excluding carboxylic acids is 1.